The number of fused-ring (bicyclic) bond motifs is 1. The summed E-state index contributed by atoms with van der Waals surface area (Å²) in [5.74, 6) is 1.45. The Bertz CT molecular complexity index is 705. The van der Waals surface area contributed by atoms with E-state index in [9.17, 15) is 13.2 Å². The molecule has 3 rings (SSSR count). The number of anilines is 1. The molecule has 0 unspecified atom stereocenters. The van der Waals surface area contributed by atoms with Crippen molar-refractivity contribution in [2.75, 3.05) is 25.0 Å². The number of primary sulfonamides is 1. The average molecular weight is 351 g/mol. The summed E-state index contributed by atoms with van der Waals surface area (Å²) in [5.41, 5.74) is 0.457. The predicted octanol–water partition coefficient (Wildman–Crippen LogP) is 1.78. The van der Waals surface area contributed by atoms with Crippen LogP contribution in [0.4, 0.5) is 5.69 Å². The second-order valence-corrected chi connectivity index (χ2v) is 8.51. The molecule has 0 radical (unpaired) electrons. The van der Waals surface area contributed by atoms with E-state index in [0.717, 1.165) is 24.9 Å². The Labute approximate surface area is 143 Å². The number of piperidine rings is 1. The van der Waals surface area contributed by atoms with Gasteiger partial charge in [-0.15, -0.1) is 0 Å². The van der Waals surface area contributed by atoms with E-state index in [0.29, 0.717) is 12.2 Å². The van der Waals surface area contributed by atoms with Gasteiger partial charge in [-0.25, -0.2) is 13.6 Å². The van der Waals surface area contributed by atoms with Crippen LogP contribution in [0.2, 0.25) is 0 Å². The molecule has 6 nitrogen and oxygen atoms in total. The van der Waals surface area contributed by atoms with E-state index in [1.54, 1.807) is 12.1 Å². The van der Waals surface area contributed by atoms with Crippen molar-refractivity contribution in [2.45, 2.75) is 37.0 Å². The van der Waals surface area contributed by atoms with Crippen molar-refractivity contribution in [3.8, 4) is 0 Å². The van der Waals surface area contributed by atoms with Gasteiger partial charge in [0.25, 0.3) is 0 Å². The van der Waals surface area contributed by atoms with Crippen molar-refractivity contribution in [3.05, 3.63) is 24.3 Å². The first-order valence-electron chi connectivity index (χ1n) is 8.57. The van der Waals surface area contributed by atoms with Crippen molar-refractivity contribution in [3.63, 3.8) is 0 Å². The van der Waals surface area contributed by atoms with Gasteiger partial charge in [0.1, 0.15) is 0 Å². The molecule has 24 heavy (non-hydrogen) atoms. The molecule has 1 aliphatic heterocycles. The van der Waals surface area contributed by atoms with Gasteiger partial charge >= 0.3 is 0 Å². The molecule has 3 N–H and O–H groups in total. The third-order valence-corrected chi connectivity index (χ3v) is 6.10. The quantitative estimate of drug-likeness (QED) is 0.865. The van der Waals surface area contributed by atoms with Crippen molar-refractivity contribution < 1.29 is 13.2 Å². The van der Waals surface area contributed by atoms with Gasteiger partial charge in [0, 0.05) is 12.2 Å². The molecule has 1 saturated heterocycles. The maximum absolute atomic E-state index is 12.3. The summed E-state index contributed by atoms with van der Waals surface area (Å²) in [6, 6.07) is 6.04. The number of likely N-dealkylation sites (tertiary alicyclic amines) is 1. The highest BCUT2D eigenvalue weighted by molar-refractivity contribution is 7.89. The molecule has 132 valence electrons. The Morgan fingerprint density at radius 3 is 2.71 bits per heavy atom. The van der Waals surface area contributed by atoms with Gasteiger partial charge in [-0.3, -0.25) is 9.69 Å². The molecule has 0 bridgehead atoms. The van der Waals surface area contributed by atoms with Crippen LogP contribution in [0.5, 0.6) is 0 Å². The molecule has 0 aromatic heterocycles. The maximum Gasteiger partial charge on any atom is 0.238 e. The van der Waals surface area contributed by atoms with Crippen LogP contribution < -0.4 is 10.5 Å². The van der Waals surface area contributed by atoms with Crippen LogP contribution in [0.3, 0.4) is 0 Å². The van der Waals surface area contributed by atoms with Crippen molar-refractivity contribution in [1.82, 2.24) is 4.90 Å². The standard InChI is InChI=1S/C17H25N3O3S/c18-24(22,23)16-7-3-6-15(10-16)19-17(21)12-20-9-8-13-4-1-2-5-14(13)11-20/h3,6-7,10,13-14H,1-2,4-5,8-9,11-12H2,(H,19,21)(H2,18,22,23)/t13-,14-/m1/s1. The molecule has 7 heteroatoms. The average Bonchev–Trinajstić information content (AvgIpc) is 2.54. The highest BCUT2D eigenvalue weighted by Gasteiger charge is 2.31. The van der Waals surface area contributed by atoms with Gasteiger partial charge in [-0.05, 0) is 49.4 Å². The van der Waals surface area contributed by atoms with Crippen molar-refractivity contribution >= 4 is 21.6 Å². The number of sulfonamides is 1. The minimum Gasteiger partial charge on any atom is -0.325 e. The molecular weight excluding hydrogens is 326 g/mol. The first-order valence-corrected chi connectivity index (χ1v) is 10.1. The number of nitrogens with two attached hydrogens (primary N) is 1. The Kier molecular flexibility index (Phi) is 5.22. The third-order valence-electron chi connectivity index (χ3n) is 5.19. The number of amides is 1. The molecule has 1 aromatic rings. The van der Waals surface area contributed by atoms with E-state index in [2.05, 4.69) is 10.2 Å². The molecule has 1 aliphatic carbocycles. The van der Waals surface area contributed by atoms with Gasteiger partial charge in [0.15, 0.2) is 0 Å². The lowest BCUT2D eigenvalue weighted by Crippen LogP contribution is -2.44. The molecule has 1 amide bonds. The van der Waals surface area contributed by atoms with Crippen LogP contribution in [0.1, 0.15) is 32.1 Å². The summed E-state index contributed by atoms with van der Waals surface area (Å²) in [6.45, 7) is 2.31. The van der Waals surface area contributed by atoms with Gasteiger partial charge in [-0.1, -0.05) is 25.3 Å². The third kappa shape index (κ3) is 4.34. The number of carbonyl (C=O) groups is 1. The number of hydrogen-bond acceptors (Lipinski definition) is 4. The van der Waals surface area contributed by atoms with Gasteiger partial charge in [0.2, 0.25) is 15.9 Å². The van der Waals surface area contributed by atoms with E-state index in [1.165, 1.54) is 44.2 Å². The lowest BCUT2D eigenvalue weighted by Gasteiger charge is -2.41. The highest BCUT2D eigenvalue weighted by Crippen LogP contribution is 2.35. The fourth-order valence-corrected chi connectivity index (χ4v) is 4.53. The maximum atomic E-state index is 12.3. The summed E-state index contributed by atoms with van der Waals surface area (Å²) in [4.78, 5) is 14.5. The second-order valence-electron chi connectivity index (χ2n) is 6.95. The van der Waals surface area contributed by atoms with Crippen LogP contribution in [0.25, 0.3) is 0 Å². The summed E-state index contributed by atoms with van der Waals surface area (Å²) in [7, 11) is -3.76. The first kappa shape index (κ1) is 17.4. The van der Waals surface area contributed by atoms with Crippen LogP contribution in [0, 0.1) is 11.8 Å². The predicted molar refractivity (Wildman–Crippen MR) is 92.9 cm³/mol. The zero-order valence-corrected chi connectivity index (χ0v) is 14.6. The van der Waals surface area contributed by atoms with E-state index >= 15 is 0 Å². The summed E-state index contributed by atoms with van der Waals surface area (Å²) in [6.07, 6.45) is 6.45. The molecule has 1 heterocycles. The van der Waals surface area contributed by atoms with Crippen molar-refractivity contribution in [1.29, 1.82) is 0 Å². The van der Waals surface area contributed by atoms with Crippen LogP contribution in [-0.2, 0) is 14.8 Å². The van der Waals surface area contributed by atoms with Crippen LogP contribution >= 0.6 is 0 Å². The minimum atomic E-state index is -3.76. The van der Waals surface area contributed by atoms with E-state index in [-0.39, 0.29) is 10.8 Å². The molecule has 2 fully saturated rings. The largest absolute Gasteiger partial charge is 0.325 e. The number of hydrogen-bond donors (Lipinski definition) is 2. The number of benzene rings is 1. The summed E-state index contributed by atoms with van der Waals surface area (Å²) in [5, 5.41) is 7.89. The Morgan fingerprint density at radius 2 is 1.96 bits per heavy atom. The zero-order valence-electron chi connectivity index (χ0n) is 13.8. The van der Waals surface area contributed by atoms with Crippen LogP contribution in [-0.4, -0.2) is 38.9 Å². The number of nitrogens with one attached hydrogen (secondary N) is 1. The molecule has 1 saturated carbocycles. The number of carbonyl (C=O) groups excluding carboxylic acids is 1. The van der Waals surface area contributed by atoms with Gasteiger partial charge in [0.05, 0.1) is 11.4 Å². The van der Waals surface area contributed by atoms with Gasteiger partial charge in [-0.2, -0.15) is 0 Å². The zero-order chi connectivity index (χ0) is 17.2. The molecule has 0 spiro atoms. The van der Waals surface area contributed by atoms with E-state index in [1.807, 2.05) is 0 Å². The number of rotatable bonds is 4. The fourth-order valence-electron chi connectivity index (χ4n) is 3.97. The molecular formula is C17H25N3O3S. The smallest absolute Gasteiger partial charge is 0.238 e. The van der Waals surface area contributed by atoms with Crippen molar-refractivity contribution in [2.24, 2.45) is 17.0 Å². The SMILES string of the molecule is NS(=O)(=O)c1cccc(NC(=O)CN2CC[C@H]3CCCC[C@@H]3C2)c1. The van der Waals surface area contributed by atoms with Crippen LogP contribution in [0.15, 0.2) is 29.2 Å². The fraction of sp³-hybridized carbons (Fsp3) is 0.588. The molecule has 1 aromatic carbocycles. The molecule has 2 atom stereocenters. The van der Waals surface area contributed by atoms with E-state index in [4.69, 9.17) is 5.14 Å². The second kappa shape index (κ2) is 7.21. The highest BCUT2D eigenvalue weighted by atomic mass is 32.2. The van der Waals surface area contributed by atoms with Gasteiger partial charge < -0.3 is 5.32 Å². The Morgan fingerprint density at radius 1 is 1.21 bits per heavy atom. The number of nitrogens with zero attached hydrogens (tertiary/aromatic N) is 1. The topological polar surface area (TPSA) is 92.5 Å². The Hall–Kier alpha value is -1.44. The van der Waals surface area contributed by atoms with E-state index < -0.39 is 10.0 Å². The minimum absolute atomic E-state index is 0.00307. The Balaban J connectivity index is 1.56. The lowest BCUT2D eigenvalue weighted by molar-refractivity contribution is -0.118. The normalized spacial score (nSPS) is 25.0. The summed E-state index contributed by atoms with van der Waals surface area (Å²) < 4.78 is 22.8. The monoisotopic (exact) mass is 351 g/mol. The lowest BCUT2D eigenvalue weighted by atomic mass is 9.75. The molecule has 2 aliphatic rings. The summed E-state index contributed by atoms with van der Waals surface area (Å²) >= 11 is 0. The first-order chi connectivity index (χ1) is 11.4.